The van der Waals surface area contributed by atoms with Gasteiger partial charge in [-0.2, -0.15) is 0 Å². The minimum absolute atomic E-state index is 0.327. The van der Waals surface area contributed by atoms with Crippen LogP contribution in [0, 0.1) is 5.92 Å². The summed E-state index contributed by atoms with van der Waals surface area (Å²) in [6.07, 6.45) is 2.53. The molecule has 1 aliphatic heterocycles. The third-order valence-corrected chi connectivity index (χ3v) is 3.07. The van der Waals surface area contributed by atoms with Crippen LogP contribution < -0.4 is 4.90 Å². The standard InChI is InChI=1S/C12H17N5/c1-10-4-3-7-17(9-10)12-6-2-5-11(15-12)8-14-16-13/h2,5-6,10H,3-4,7-9H2,1H3. The number of azide groups is 1. The van der Waals surface area contributed by atoms with Gasteiger partial charge in [-0.25, -0.2) is 4.98 Å². The van der Waals surface area contributed by atoms with Crippen LogP contribution in [0.3, 0.4) is 0 Å². The second kappa shape index (κ2) is 5.55. The lowest BCUT2D eigenvalue weighted by Crippen LogP contribution is -2.34. The third kappa shape index (κ3) is 3.11. The minimum atomic E-state index is 0.327. The van der Waals surface area contributed by atoms with Gasteiger partial charge in [0.15, 0.2) is 0 Å². The molecule has 0 radical (unpaired) electrons. The topological polar surface area (TPSA) is 64.9 Å². The van der Waals surface area contributed by atoms with E-state index in [2.05, 4.69) is 26.8 Å². The fourth-order valence-corrected chi connectivity index (χ4v) is 2.23. The highest BCUT2D eigenvalue weighted by Gasteiger charge is 2.17. The first kappa shape index (κ1) is 11.7. The smallest absolute Gasteiger partial charge is 0.128 e. The maximum Gasteiger partial charge on any atom is 0.128 e. The first-order valence-electron chi connectivity index (χ1n) is 6.01. The molecule has 5 heteroatoms. The quantitative estimate of drug-likeness (QED) is 0.455. The molecule has 1 fully saturated rings. The van der Waals surface area contributed by atoms with Gasteiger partial charge in [-0.3, -0.25) is 0 Å². The zero-order valence-electron chi connectivity index (χ0n) is 10.1. The van der Waals surface area contributed by atoms with Gasteiger partial charge in [0.2, 0.25) is 0 Å². The number of hydrogen-bond acceptors (Lipinski definition) is 3. The van der Waals surface area contributed by atoms with Crippen LogP contribution in [0.25, 0.3) is 10.4 Å². The number of nitrogens with zero attached hydrogens (tertiary/aromatic N) is 5. The van der Waals surface area contributed by atoms with E-state index in [9.17, 15) is 0 Å². The summed E-state index contributed by atoms with van der Waals surface area (Å²) in [7, 11) is 0. The number of piperidine rings is 1. The fraction of sp³-hybridized carbons (Fsp3) is 0.583. The molecule has 0 spiro atoms. The molecule has 0 aliphatic carbocycles. The number of aromatic nitrogens is 1. The largest absolute Gasteiger partial charge is 0.356 e. The molecule has 1 saturated heterocycles. The first-order valence-corrected chi connectivity index (χ1v) is 6.01. The van der Waals surface area contributed by atoms with Gasteiger partial charge >= 0.3 is 0 Å². The van der Waals surface area contributed by atoms with Crippen molar-refractivity contribution in [1.82, 2.24) is 4.98 Å². The zero-order chi connectivity index (χ0) is 12.1. The minimum Gasteiger partial charge on any atom is -0.356 e. The SMILES string of the molecule is CC1CCCN(c2cccc(CN=[N+]=[N-])n2)C1. The molecule has 0 amide bonds. The number of pyridine rings is 1. The number of anilines is 1. The van der Waals surface area contributed by atoms with Crippen LogP contribution in [-0.2, 0) is 6.54 Å². The van der Waals surface area contributed by atoms with E-state index in [1.54, 1.807) is 0 Å². The summed E-state index contributed by atoms with van der Waals surface area (Å²) in [6.45, 7) is 4.74. The molecule has 0 N–H and O–H groups in total. The van der Waals surface area contributed by atoms with Crippen molar-refractivity contribution in [2.75, 3.05) is 18.0 Å². The fourth-order valence-electron chi connectivity index (χ4n) is 2.23. The summed E-state index contributed by atoms with van der Waals surface area (Å²) in [4.78, 5) is 9.60. The van der Waals surface area contributed by atoms with Crippen molar-refractivity contribution in [2.45, 2.75) is 26.3 Å². The van der Waals surface area contributed by atoms with Crippen LogP contribution >= 0.6 is 0 Å². The third-order valence-electron chi connectivity index (χ3n) is 3.07. The Labute approximate surface area is 101 Å². The van der Waals surface area contributed by atoms with Crippen molar-refractivity contribution in [3.63, 3.8) is 0 Å². The van der Waals surface area contributed by atoms with Crippen LogP contribution in [0.1, 0.15) is 25.5 Å². The summed E-state index contributed by atoms with van der Waals surface area (Å²) >= 11 is 0. The van der Waals surface area contributed by atoms with Gasteiger partial charge in [0.05, 0.1) is 6.54 Å². The molecular formula is C12H17N5. The van der Waals surface area contributed by atoms with Gasteiger partial charge in [0.1, 0.15) is 5.82 Å². The lowest BCUT2D eigenvalue weighted by Gasteiger charge is -2.32. The highest BCUT2D eigenvalue weighted by Crippen LogP contribution is 2.21. The van der Waals surface area contributed by atoms with E-state index >= 15 is 0 Å². The molecule has 17 heavy (non-hydrogen) atoms. The zero-order valence-corrected chi connectivity index (χ0v) is 10.1. The van der Waals surface area contributed by atoms with Crippen molar-refractivity contribution >= 4 is 5.82 Å². The Morgan fingerprint density at radius 3 is 3.24 bits per heavy atom. The molecule has 5 nitrogen and oxygen atoms in total. The van der Waals surface area contributed by atoms with E-state index in [0.717, 1.165) is 30.5 Å². The summed E-state index contributed by atoms with van der Waals surface area (Å²) in [5, 5.41) is 3.54. The molecule has 90 valence electrons. The summed E-state index contributed by atoms with van der Waals surface area (Å²) in [6, 6.07) is 5.90. The Morgan fingerprint density at radius 2 is 2.47 bits per heavy atom. The first-order chi connectivity index (χ1) is 8.29. The highest BCUT2D eigenvalue weighted by molar-refractivity contribution is 5.39. The monoisotopic (exact) mass is 231 g/mol. The van der Waals surface area contributed by atoms with Crippen LogP contribution in [0.2, 0.25) is 0 Å². The van der Waals surface area contributed by atoms with Crippen LogP contribution in [0.5, 0.6) is 0 Å². The van der Waals surface area contributed by atoms with Gasteiger partial charge in [-0.15, -0.1) is 0 Å². The van der Waals surface area contributed by atoms with E-state index in [-0.39, 0.29) is 0 Å². The van der Waals surface area contributed by atoms with Crippen LogP contribution in [0.15, 0.2) is 23.3 Å². The summed E-state index contributed by atoms with van der Waals surface area (Å²) < 4.78 is 0. The van der Waals surface area contributed by atoms with Crippen molar-refractivity contribution in [2.24, 2.45) is 11.0 Å². The maximum atomic E-state index is 8.30. The highest BCUT2D eigenvalue weighted by atomic mass is 15.2. The second-order valence-electron chi connectivity index (χ2n) is 4.57. The van der Waals surface area contributed by atoms with Crippen molar-refractivity contribution in [3.8, 4) is 0 Å². The van der Waals surface area contributed by atoms with Crippen molar-refractivity contribution in [1.29, 1.82) is 0 Å². The molecule has 2 rings (SSSR count). The Balaban J connectivity index is 2.11. The predicted octanol–water partition coefficient (Wildman–Crippen LogP) is 3.13. The average Bonchev–Trinajstić information content (AvgIpc) is 2.37. The molecule has 0 saturated carbocycles. The van der Waals surface area contributed by atoms with E-state index in [0.29, 0.717) is 6.54 Å². The van der Waals surface area contributed by atoms with Gasteiger partial charge in [0, 0.05) is 23.7 Å². The summed E-state index contributed by atoms with van der Waals surface area (Å²) in [5.74, 6) is 1.73. The van der Waals surface area contributed by atoms with Gasteiger partial charge in [-0.05, 0) is 36.4 Å². The van der Waals surface area contributed by atoms with Crippen molar-refractivity contribution in [3.05, 3.63) is 34.3 Å². The molecule has 1 aromatic heterocycles. The number of hydrogen-bond donors (Lipinski definition) is 0. The lowest BCUT2D eigenvalue weighted by atomic mass is 10.0. The molecule has 1 atom stereocenters. The van der Waals surface area contributed by atoms with Gasteiger partial charge in [0.25, 0.3) is 0 Å². The lowest BCUT2D eigenvalue weighted by molar-refractivity contribution is 0.444. The predicted molar refractivity (Wildman–Crippen MR) is 67.7 cm³/mol. The molecule has 1 aliphatic rings. The Bertz CT molecular complexity index is 425. The Kier molecular flexibility index (Phi) is 3.83. The number of rotatable bonds is 3. The molecule has 0 aromatic carbocycles. The van der Waals surface area contributed by atoms with E-state index in [4.69, 9.17) is 5.53 Å². The van der Waals surface area contributed by atoms with Crippen LogP contribution in [0.4, 0.5) is 5.82 Å². The van der Waals surface area contributed by atoms with Crippen molar-refractivity contribution < 1.29 is 0 Å². The second-order valence-corrected chi connectivity index (χ2v) is 4.57. The maximum absolute atomic E-state index is 8.30. The molecule has 0 bridgehead atoms. The molecule has 1 unspecified atom stereocenters. The Hall–Kier alpha value is -1.74. The van der Waals surface area contributed by atoms with Crippen LogP contribution in [-0.4, -0.2) is 18.1 Å². The normalized spacial score (nSPS) is 19.8. The summed E-state index contributed by atoms with van der Waals surface area (Å²) in [5.41, 5.74) is 9.13. The molecular weight excluding hydrogens is 214 g/mol. The molecule has 1 aromatic rings. The average molecular weight is 231 g/mol. The van der Waals surface area contributed by atoms with E-state index in [1.165, 1.54) is 12.8 Å². The molecule has 2 heterocycles. The van der Waals surface area contributed by atoms with Gasteiger partial charge < -0.3 is 4.90 Å². The van der Waals surface area contributed by atoms with E-state index < -0.39 is 0 Å². The van der Waals surface area contributed by atoms with E-state index in [1.807, 2.05) is 18.2 Å². The Morgan fingerprint density at radius 1 is 1.59 bits per heavy atom. The van der Waals surface area contributed by atoms with Gasteiger partial charge in [-0.1, -0.05) is 18.1 Å².